The number of hydrogen-bond acceptors (Lipinski definition) is 3. The molecular formula is C15H30FN3. The second-order valence-electron chi connectivity index (χ2n) is 6.25. The molecule has 2 heterocycles. The van der Waals surface area contributed by atoms with Crippen LogP contribution in [0.15, 0.2) is 0 Å². The molecule has 19 heavy (non-hydrogen) atoms. The molecule has 0 aromatic heterocycles. The zero-order valence-corrected chi connectivity index (χ0v) is 12.7. The number of likely N-dealkylation sites (tertiary alicyclic amines) is 1. The predicted molar refractivity (Wildman–Crippen MR) is 78.3 cm³/mol. The molecule has 2 aliphatic heterocycles. The van der Waals surface area contributed by atoms with Gasteiger partial charge in [0.05, 0.1) is 0 Å². The van der Waals surface area contributed by atoms with E-state index in [9.17, 15) is 4.39 Å². The van der Waals surface area contributed by atoms with Gasteiger partial charge in [-0.2, -0.15) is 0 Å². The molecule has 112 valence electrons. The number of nitrogens with zero attached hydrogens (tertiary/aromatic N) is 3. The summed E-state index contributed by atoms with van der Waals surface area (Å²) in [6.07, 6.45) is 2.22. The van der Waals surface area contributed by atoms with Gasteiger partial charge in [0.15, 0.2) is 0 Å². The van der Waals surface area contributed by atoms with E-state index in [1.54, 1.807) is 0 Å². The average molecular weight is 271 g/mol. The highest BCUT2D eigenvalue weighted by atomic mass is 19.1. The lowest BCUT2D eigenvalue weighted by atomic mass is 9.91. The number of hydrogen-bond donors (Lipinski definition) is 0. The average Bonchev–Trinajstić information content (AvgIpc) is 2.46. The van der Waals surface area contributed by atoms with Crippen LogP contribution in [0.25, 0.3) is 0 Å². The zero-order chi connectivity index (χ0) is 13.7. The number of halogens is 1. The lowest BCUT2D eigenvalue weighted by molar-refractivity contribution is 0.0960. The van der Waals surface area contributed by atoms with Crippen molar-refractivity contribution in [3.8, 4) is 0 Å². The molecule has 1 atom stereocenters. The Morgan fingerprint density at radius 1 is 0.947 bits per heavy atom. The van der Waals surface area contributed by atoms with Gasteiger partial charge < -0.3 is 9.80 Å². The Hall–Kier alpha value is -0.190. The summed E-state index contributed by atoms with van der Waals surface area (Å²) in [6, 6.07) is 0. The van der Waals surface area contributed by atoms with Crippen LogP contribution in [0, 0.1) is 5.92 Å². The highest BCUT2D eigenvalue weighted by Crippen LogP contribution is 2.24. The first-order valence-corrected chi connectivity index (χ1v) is 7.96. The molecule has 2 fully saturated rings. The maximum atomic E-state index is 13.6. The summed E-state index contributed by atoms with van der Waals surface area (Å²) in [4.78, 5) is 7.49. The van der Waals surface area contributed by atoms with Gasteiger partial charge in [0.2, 0.25) is 0 Å². The van der Waals surface area contributed by atoms with E-state index in [0.717, 1.165) is 25.9 Å². The second kappa shape index (κ2) is 7.55. The minimum Gasteiger partial charge on any atom is -0.304 e. The van der Waals surface area contributed by atoms with Gasteiger partial charge in [-0.3, -0.25) is 4.90 Å². The number of piperidine rings is 1. The third-order valence-electron chi connectivity index (χ3n) is 4.86. The van der Waals surface area contributed by atoms with Crippen molar-refractivity contribution >= 4 is 0 Å². The van der Waals surface area contributed by atoms with E-state index < -0.39 is 6.17 Å². The van der Waals surface area contributed by atoms with Crippen molar-refractivity contribution in [1.29, 1.82) is 0 Å². The first-order valence-electron chi connectivity index (χ1n) is 7.96. The lowest BCUT2D eigenvalue weighted by Gasteiger charge is -2.36. The molecule has 0 saturated carbocycles. The van der Waals surface area contributed by atoms with Gasteiger partial charge in [-0.25, -0.2) is 4.39 Å². The Kier molecular flexibility index (Phi) is 6.05. The van der Waals surface area contributed by atoms with Crippen LogP contribution in [0.2, 0.25) is 0 Å². The second-order valence-corrected chi connectivity index (χ2v) is 6.25. The molecule has 0 aromatic carbocycles. The lowest BCUT2D eigenvalue weighted by Crippen LogP contribution is -2.48. The van der Waals surface area contributed by atoms with Gasteiger partial charge in [0, 0.05) is 39.3 Å². The van der Waals surface area contributed by atoms with E-state index in [1.807, 2.05) is 6.92 Å². The van der Waals surface area contributed by atoms with Gasteiger partial charge in [0.1, 0.15) is 6.17 Å². The van der Waals surface area contributed by atoms with Crippen molar-refractivity contribution < 1.29 is 4.39 Å². The van der Waals surface area contributed by atoms with Crippen molar-refractivity contribution in [2.24, 2.45) is 5.92 Å². The summed E-state index contributed by atoms with van der Waals surface area (Å²) in [6.45, 7) is 11.3. The van der Waals surface area contributed by atoms with Crippen LogP contribution < -0.4 is 0 Å². The van der Waals surface area contributed by atoms with Crippen molar-refractivity contribution in [2.45, 2.75) is 32.4 Å². The first-order chi connectivity index (χ1) is 9.19. The molecule has 0 aromatic rings. The Bertz CT molecular complexity index is 246. The van der Waals surface area contributed by atoms with Crippen molar-refractivity contribution in [2.75, 3.05) is 59.4 Å². The fourth-order valence-electron chi connectivity index (χ4n) is 3.23. The molecule has 0 amide bonds. The summed E-state index contributed by atoms with van der Waals surface area (Å²) < 4.78 is 13.6. The standard InChI is InChI=1S/C15H30FN3/c1-3-15(16)14-4-6-18(7-5-14)12-13-19-10-8-17(2)9-11-19/h14-15H,3-13H2,1-2H3/t15-/m1/s1. The van der Waals surface area contributed by atoms with Gasteiger partial charge in [0.25, 0.3) is 0 Å². The molecule has 2 saturated heterocycles. The Morgan fingerprint density at radius 2 is 1.47 bits per heavy atom. The Morgan fingerprint density at radius 3 is 2.00 bits per heavy atom. The van der Waals surface area contributed by atoms with E-state index in [-0.39, 0.29) is 0 Å². The smallest absolute Gasteiger partial charge is 0.103 e. The number of likely N-dealkylation sites (N-methyl/N-ethyl adjacent to an activating group) is 1. The Balaban J connectivity index is 1.60. The van der Waals surface area contributed by atoms with Crippen LogP contribution in [-0.2, 0) is 0 Å². The molecule has 0 N–H and O–H groups in total. The monoisotopic (exact) mass is 271 g/mol. The van der Waals surface area contributed by atoms with Gasteiger partial charge in [-0.15, -0.1) is 0 Å². The Labute approximate surface area is 117 Å². The van der Waals surface area contributed by atoms with Crippen molar-refractivity contribution in [3.63, 3.8) is 0 Å². The fourth-order valence-corrected chi connectivity index (χ4v) is 3.23. The number of piperazine rings is 1. The normalized spacial score (nSPS) is 26.7. The van der Waals surface area contributed by atoms with Crippen LogP contribution in [0.4, 0.5) is 4.39 Å². The minimum atomic E-state index is -0.570. The maximum Gasteiger partial charge on any atom is 0.103 e. The van der Waals surface area contributed by atoms with Crippen LogP contribution >= 0.6 is 0 Å². The maximum absolute atomic E-state index is 13.6. The highest BCUT2D eigenvalue weighted by molar-refractivity contribution is 4.78. The number of alkyl halides is 1. The third kappa shape index (κ3) is 4.69. The van der Waals surface area contributed by atoms with E-state index in [0.29, 0.717) is 12.3 Å². The zero-order valence-electron chi connectivity index (χ0n) is 12.7. The van der Waals surface area contributed by atoms with Gasteiger partial charge in [-0.05, 0) is 45.3 Å². The van der Waals surface area contributed by atoms with E-state index >= 15 is 0 Å². The molecule has 2 aliphatic rings. The molecule has 2 rings (SSSR count). The number of rotatable bonds is 5. The molecule has 0 bridgehead atoms. The minimum absolute atomic E-state index is 0.324. The van der Waals surface area contributed by atoms with Crippen LogP contribution in [0.3, 0.4) is 0 Å². The summed E-state index contributed by atoms with van der Waals surface area (Å²) in [5, 5.41) is 0. The molecule has 0 spiro atoms. The van der Waals surface area contributed by atoms with Crippen molar-refractivity contribution in [3.05, 3.63) is 0 Å². The highest BCUT2D eigenvalue weighted by Gasteiger charge is 2.25. The molecular weight excluding hydrogens is 241 g/mol. The summed E-state index contributed by atoms with van der Waals surface area (Å²) in [5.74, 6) is 0.324. The molecule has 0 aliphatic carbocycles. The third-order valence-corrected chi connectivity index (χ3v) is 4.86. The SMILES string of the molecule is CC[C@@H](F)C1CCN(CCN2CCN(C)CC2)CC1. The first kappa shape index (κ1) is 15.2. The van der Waals surface area contributed by atoms with Gasteiger partial charge in [-0.1, -0.05) is 6.92 Å². The van der Waals surface area contributed by atoms with Gasteiger partial charge >= 0.3 is 0 Å². The van der Waals surface area contributed by atoms with Crippen LogP contribution in [0.5, 0.6) is 0 Å². The summed E-state index contributed by atoms with van der Waals surface area (Å²) in [7, 11) is 2.20. The fraction of sp³-hybridized carbons (Fsp3) is 1.00. The van der Waals surface area contributed by atoms with Crippen LogP contribution in [-0.4, -0.2) is 80.3 Å². The van der Waals surface area contributed by atoms with E-state index in [4.69, 9.17) is 0 Å². The van der Waals surface area contributed by atoms with Crippen molar-refractivity contribution in [1.82, 2.24) is 14.7 Å². The predicted octanol–water partition coefficient (Wildman–Crippen LogP) is 1.69. The largest absolute Gasteiger partial charge is 0.304 e. The quantitative estimate of drug-likeness (QED) is 0.753. The van der Waals surface area contributed by atoms with Crippen LogP contribution in [0.1, 0.15) is 26.2 Å². The van der Waals surface area contributed by atoms with E-state index in [2.05, 4.69) is 21.7 Å². The molecule has 3 nitrogen and oxygen atoms in total. The summed E-state index contributed by atoms with van der Waals surface area (Å²) in [5.41, 5.74) is 0. The molecule has 4 heteroatoms. The summed E-state index contributed by atoms with van der Waals surface area (Å²) >= 11 is 0. The molecule has 0 unspecified atom stereocenters. The van der Waals surface area contributed by atoms with E-state index in [1.165, 1.54) is 39.3 Å². The topological polar surface area (TPSA) is 9.72 Å². The molecule has 0 radical (unpaired) electrons.